The van der Waals surface area contributed by atoms with Crippen molar-refractivity contribution in [2.24, 2.45) is 0 Å². The first-order chi connectivity index (χ1) is 30.9. The molecule has 7 aromatic carbocycles. The third-order valence-corrected chi connectivity index (χ3v) is 15.3. The standard InChI is InChI=1S/C51H49NO9P2/c53-49(52-47-32-19-33-48(56-35-41-20-7-1-8-21-41)51(47)57-36-42-22-9-2-10-23-42)34-50(62(54,58-37-43-24-11-3-12-25-43)59-38-44-26-13-4-14-27-44)63(55,60-39-45-28-15-5-16-29-45)61-40-46-30-17-6-18-31-46/h1-33,50H,34-40H2,(H,52,53). The molecule has 0 spiro atoms. The van der Waals surface area contributed by atoms with Crippen molar-refractivity contribution in [3.8, 4) is 11.5 Å². The SMILES string of the molecule is O=C(CC(P(=O)(OCc1ccccc1)OCc1ccccc1)P(=O)(OCc1ccccc1)OCc1ccccc1)Nc1cccc(OCc2ccccc2)c1OCc1ccccc1. The summed E-state index contributed by atoms with van der Waals surface area (Å²) in [5.41, 5.74) is 4.84. The quantitative estimate of drug-likeness (QED) is 0.0626. The highest BCUT2D eigenvalue weighted by Gasteiger charge is 2.52. The van der Waals surface area contributed by atoms with Crippen molar-refractivity contribution in [2.75, 3.05) is 5.32 Å². The molecule has 0 bridgehead atoms. The topological polar surface area (TPSA) is 119 Å². The van der Waals surface area contributed by atoms with Crippen LogP contribution in [0.1, 0.15) is 39.8 Å². The van der Waals surface area contributed by atoms with Gasteiger partial charge in [-0.2, -0.15) is 0 Å². The van der Waals surface area contributed by atoms with Gasteiger partial charge in [0.15, 0.2) is 16.9 Å². The Morgan fingerprint density at radius 1 is 0.397 bits per heavy atom. The maximum absolute atomic E-state index is 15.7. The number of benzene rings is 7. The van der Waals surface area contributed by atoms with Crippen LogP contribution in [0, 0.1) is 0 Å². The van der Waals surface area contributed by atoms with Gasteiger partial charge in [0.2, 0.25) is 5.91 Å². The van der Waals surface area contributed by atoms with Gasteiger partial charge in [-0.25, -0.2) is 0 Å². The number of hydrogen-bond acceptors (Lipinski definition) is 9. The van der Waals surface area contributed by atoms with Gasteiger partial charge in [0.25, 0.3) is 0 Å². The van der Waals surface area contributed by atoms with Gasteiger partial charge in [-0.1, -0.05) is 188 Å². The lowest BCUT2D eigenvalue weighted by Crippen LogP contribution is -2.24. The summed E-state index contributed by atoms with van der Waals surface area (Å²) in [6.45, 7) is -0.310. The predicted molar refractivity (Wildman–Crippen MR) is 245 cm³/mol. The number of carbonyl (C=O) groups is 1. The largest absolute Gasteiger partial charge is 0.485 e. The van der Waals surface area contributed by atoms with Crippen molar-refractivity contribution < 1.29 is 41.5 Å². The Labute approximate surface area is 368 Å². The second-order valence-electron chi connectivity index (χ2n) is 14.5. The molecule has 0 heterocycles. The summed E-state index contributed by atoms with van der Waals surface area (Å²) in [6.07, 6.45) is -0.658. The maximum Gasteiger partial charge on any atom is 0.347 e. The van der Waals surface area contributed by atoms with Gasteiger partial charge in [-0.15, -0.1) is 0 Å². The molecule has 1 amide bonds. The molecule has 10 nitrogen and oxygen atoms in total. The van der Waals surface area contributed by atoms with Crippen LogP contribution in [0.5, 0.6) is 11.5 Å². The fourth-order valence-corrected chi connectivity index (χ4v) is 11.6. The van der Waals surface area contributed by atoms with Gasteiger partial charge >= 0.3 is 15.2 Å². The van der Waals surface area contributed by atoms with E-state index in [0.29, 0.717) is 28.0 Å². The number of para-hydroxylation sites is 1. The Balaban J connectivity index is 1.26. The number of rotatable bonds is 23. The highest BCUT2D eigenvalue weighted by Crippen LogP contribution is 2.72. The first-order valence-corrected chi connectivity index (χ1v) is 23.8. The van der Waals surface area contributed by atoms with Gasteiger partial charge in [-0.05, 0) is 45.5 Å². The van der Waals surface area contributed by atoms with Crippen molar-refractivity contribution in [2.45, 2.75) is 51.5 Å². The summed E-state index contributed by atoms with van der Waals surface area (Å²) in [4.78, 5) is 14.7. The van der Waals surface area contributed by atoms with E-state index in [2.05, 4.69) is 5.32 Å². The zero-order valence-electron chi connectivity index (χ0n) is 34.6. The molecule has 7 rings (SSSR count). The van der Waals surface area contributed by atoms with Crippen LogP contribution < -0.4 is 14.8 Å². The minimum Gasteiger partial charge on any atom is -0.485 e. The van der Waals surface area contributed by atoms with Crippen molar-refractivity contribution in [1.82, 2.24) is 0 Å². The van der Waals surface area contributed by atoms with Crippen LogP contribution in [0.2, 0.25) is 0 Å². The molecule has 0 aliphatic carbocycles. The molecule has 1 N–H and O–H groups in total. The normalized spacial score (nSPS) is 11.6. The van der Waals surface area contributed by atoms with Crippen LogP contribution in [-0.2, 0) is 71.7 Å². The minimum absolute atomic E-state index is 0.170. The molecule has 7 aromatic rings. The smallest absolute Gasteiger partial charge is 0.347 e. The lowest BCUT2D eigenvalue weighted by molar-refractivity contribution is -0.116. The lowest BCUT2D eigenvalue weighted by atomic mass is 10.2. The van der Waals surface area contributed by atoms with Crippen molar-refractivity contribution >= 4 is 26.8 Å². The van der Waals surface area contributed by atoms with Crippen molar-refractivity contribution in [3.05, 3.63) is 234 Å². The van der Waals surface area contributed by atoms with E-state index in [0.717, 1.165) is 11.1 Å². The summed E-state index contributed by atoms with van der Waals surface area (Å²) in [6, 6.07) is 60.9. The van der Waals surface area contributed by atoms with Gasteiger partial charge in [0, 0.05) is 0 Å². The molecule has 63 heavy (non-hydrogen) atoms. The van der Waals surface area contributed by atoms with E-state index in [9.17, 15) is 4.79 Å². The van der Waals surface area contributed by atoms with E-state index >= 15 is 9.13 Å². The fraction of sp³-hybridized carbons (Fsp3) is 0.157. The molecule has 12 heteroatoms. The molecule has 0 unspecified atom stereocenters. The van der Waals surface area contributed by atoms with E-state index in [-0.39, 0.29) is 51.1 Å². The first-order valence-electron chi connectivity index (χ1n) is 20.5. The molecule has 322 valence electrons. The summed E-state index contributed by atoms with van der Waals surface area (Å²) in [7, 11) is -9.26. The number of nitrogens with one attached hydrogen (secondary N) is 1. The Kier molecular flexibility index (Phi) is 16.3. The average molecular weight is 882 g/mol. The van der Waals surface area contributed by atoms with E-state index in [4.69, 9.17) is 27.6 Å². The number of anilines is 1. The second kappa shape index (κ2) is 22.8. The zero-order valence-corrected chi connectivity index (χ0v) is 36.4. The molecule has 0 fully saturated rings. The van der Waals surface area contributed by atoms with Gasteiger partial charge < -0.3 is 32.9 Å². The van der Waals surface area contributed by atoms with E-state index in [1.165, 1.54) is 0 Å². The monoisotopic (exact) mass is 881 g/mol. The summed E-state index contributed by atoms with van der Waals surface area (Å²) < 4.78 is 69.2. The number of ether oxygens (including phenoxy) is 2. The van der Waals surface area contributed by atoms with E-state index in [1.807, 2.05) is 182 Å². The molecule has 0 aliphatic heterocycles. The molecule has 0 aromatic heterocycles. The predicted octanol–water partition coefficient (Wildman–Crippen LogP) is 12.8. The number of carbonyl (C=O) groups excluding carboxylic acids is 1. The van der Waals surface area contributed by atoms with E-state index < -0.39 is 32.9 Å². The Morgan fingerprint density at radius 2 is 0.714 bits per heavy atom. The van der Waals surface area contributed by atoms with Crippen LogP contribution in [0.15, 0.2) is 200 Å². The molecule has 0 saturated heterocycles. The minimum atomic E-state index is -4.63. The van der Waals surface area contributed by atoms with Crippen molar-refractivity contribution in [3.63, 3.8) is 0 Å². The lowest BCUT2D eigenvalue weighted by Gasteiger charge is -2.32. The van der Waals surface area contributed by atoms with Crippen LogP contribution in [0.4, 0.5) is 5.69 Å². The fourth-order valence-electron chi connectivity index (χ4n) is 6.48. The zero-order chi connectivity index (χ0) is 43.6. The Hall–Kier alpha value is -6.09. The molecular formula is C51H49NO9P2. The van der Waals surface area contributed by atoms with Crippen LogP contribution in [0.3, 0.4) is 0 Å². The van der Waals surface area contributed by atoms with Gasteiger partial charge in [0.05, 0.1) is 38.5 Å². The third kappa shape index (κ3) is 13.5. The Bertz CT molecular complexity index is 2350. The molecule has 0 atom stereocenters. The highest BCUT2D eigenvalue weighted by molar-refractivity contribution is 7.72. The van der Waals surface area contributed by atoms with Crippen molar-refractivity contribution in [1.29, 1.82) is 0 Å². The second-order valence-corrected chi connectivity index (χ2v) is 19.4. The van der Waals surface area contributed by atoms with Crippen LogP contribution >= 0.6 is 15.2 Å². The highest BCUT2D eigenvalue weighted by atomic mass is 31.2. The molecule has 0 radical (unpaired) electrons. The van der Waals surface area contributed by atoms with Gasteiger partial charge in [-0.3, -0.25) is 13.9 Å². The van der Waals surface area contributed by atoms with Crippen LogP contribution in [-0.4, -0.2) is 11.3 Å². The summed E-state index contributed by atoms with van der Waals surface area (Å²) in [5, 5.41) is 1.21. The molecule has 0 saturated carbocycles. The van der Waals surface area contributed by atoms with Gasteiger partial charge in [0.1, 0.15) is 13.2 Å². The summed E-state index contributed by atoms with van der Waals surface area (Å²) in [5.74, 6) is -0.0198. The molecule has 0 aliphatic rings. The van der Waals surface area contributed by atoms with E-state index in [1.54, 1.807) is 18.2 Å². The molecular weight excluding hydrogens is 833 g/mol. The van der Waals surface area contributed by atoms with Crippen LogP contribution in [0.25, 0.3) is 0 Å². The Morgan fingerprint density at radius 3 is 1.06 bits per heavy atom. The summed E-state index contributed by atoms with van der Waals surface area (Å²) >= 11 is 0. The number of amides is 1. The average Bonchev–Trinajstić information content (AvgIpc) is 3.34. The first kappa shape index (κ1) is 44.9. The maximum atomic E-state index is 15.7. The number of hydrogen-bond donors (Lipinski definition) is 1. The third-order valence-electron chi connectivity index (χ3n) is 9.83.